The molecule has 1 saturated heterocycles. The molecule has 1 aliphatic rings. The largest absolute Gasteiger partial charge is 0.298 e. The first-order chi connectivity index (χ1) is 10.0. The van der Waals surface area contributed by atoms with Crippen LogP contribution < -0.4 is 0 Å². The van der Waals surface area contributed by atoms with Gasteiger partial charge in [0.1, 0.15) is 0 Å². The summed E-state index contributed by atoms with van der Waals surface area (Å²) in [5.74, 6) is 0. The normalized spacial score (nSPS) is 18.6. The van der Waals surface area contributed by atoms with Gasteiger partial charge in [0.15, 0.2) is 0 Å². The van der Waals surface area contributed by atoms with Gasteiger partial charge in [-0.15, -0.1) is 0 Å². The zero-order valence-corrected chi connectivity index (χ0v) is 15.5. The molecule has 2 heteroatoms. The summed E-state index contributed by atoms with van der Waals surface area (Å²) < 4.78 is 0. The van der Waals surface area contributed by atoms with Crippen LogP contribution in [0.1, 0.15) is 86.0 Å². The van der Waals surface area contributed by atoms with Crippen LogP contribution in [0.2, 0.25) is 0 Å². The van der Waals surface area contributed by atoms with Gasteiger partial charge in [-0.2, -0.15) is 0 Å². The van der Waals surface area contributed by atoms with Crippen LogP contribution >= 0.6 is 0 Å². The van der Waals surface area contributed by atoms with Gasteiger partial charge in [0.25, 0.3) is 0 Å². The molecule has 0 aromatic heterocycles. The van der Waals surface area contributed by atoms with E-state index < -0.39 is 0 Å². The van der Waals surface area contributed by atoms with Gasteiger partial charge >= 0.3 is 0 Å². The van der Waals surface area contributed by atoms with E-state index in [1.54, 1.807) is 0 Å². The summed E-state index contributed by atoms with van der Waals surface area (Å²) in [6.07, 6.45) is 11.1. The second-order valence-corrected chi connectivity index (χ2v) is 7.53. The minimum Gasteiger partial charge on any atom is -0.298 e. The second-order valence-electron chi connectivity index (χ2n) is 7.53. The maximum absolute atomic E-state index is 2.82. The molecule has 1 rings (SSSR count). The van der Waals surface area contributed by atoms with E-state index in [1.165, 1.54) is 77.5 Å². The highest BCUT2D eigenvalue weighted by Crippen LogP contribution is 2.30. The van der Waals surface area contributed by atoms with Crippen molar-refractivity contribution in [2.45, 2.75) is 97.6 Å². The molecule has 0 aromatic rings. The Kier molecular flexibility index (Phi) is 8.89. The maximum Gasteiger partial charge on any atom is 0.0182 e. The van der Waals surface area contributed by atoms with Crippen molar-refractivity contribution in [2.75, 3.05) is 26.2 Å². The van der Waals surface area contributed by atoms with Crippen molar-refractivity contribution in [2.24, 2.45) is 0 Å². The summed E-state index contributed by atoms with van der Waals surface area (Å²) in [5, 5.41) is 0. The summed E-state index contributed by atoms with van der Waals surface area (Å²) in [4.78, 5) is 5.45. The van der Waals surface area contributed by atoms with Crippen molar-refractivity contribution >= 4 is 0 Å². The topological polar surface area (TPSA) is 6.48 Å². The summed E-state index contributed by atoms with van der Waals surface area (Å²) in [6.45, 7) is 16.9. The number of nitrogens with zero attached hydrogens (tertiary/aromatic N) is 2. The maximum atomic E-state index is 2.82. The minimum absolute atomic E-state index is 0.452. The summed E-state index contributed by atoms with van der Waals surface area (Å²) in [6, 6.07) is 0.707. The fraction of sp³-hybridized carbons (Fsp3) is 1.00. The lowest BCUT2D eigenvalue weighted by Gasteiger charge is -2.47. The number of piperazine rings is 1. The molecule has 0 aliphatic carbocycles. The van der Waals surface area contributed by atoms with E-state index in [0.29, 0.717) is 11.6 Å². The van der Waals surface area contributed by atoms with E-state index >= 15 is 0 Å². The SMILES string of the molecule is CCCCCC(C)(CCCCC)N1CCN(C(C)C)CC1. The highest BCUT2D eigenvalue weighted by Gasteiger charge is 2.33. The van der Waals surface area contributed by atoms with E-state index in [2.05, 4.69) is 44.4 Å². The van der Waals surface area contributed by atoms with Crippen molar-refractivity contribution in [1.29, 1.82) is 0 Å². The highest BCUT2D eigenvalue weighted by molar-refractivity contribution is 4.89. The van der Waals surface area contributed by atoms with Crippen LogP contribution in [-0.2, 0) is 0 Å². The molecular formula is C19H40N2. The second kappa shape index (κ2) is 9.84. The van der Waals surface area contributed by atoms with Gasteiger partial charge in [0.05, 0.1) is 0 Å². The molecule has 0 spiro atoms. The van der Waals surface area contributed by atoms with Crippen LogP contribution in [0.3, 0.4) is 0 Å². The molecule has 1 aliphatic heterocycles. The average molecular weight is 297 g/mol. The third-order valence-corrected chi connectivity index (χ3v) is 5.45. The van der Waals surface area contributed by atoms with Gasteiger partial charge in [-0.05, 0) is 33.6 Å². The van der Waals surface area contributed by atoms with Crippen LogP contribution in [0.4, 0.5) is 0 Å². The fourth-order valence-corrected chi connectivity index (χ4v) is 3.73. The molecule has 1 heterocycles. The molecule has 0 N–H and O–H groups in total. The van der Waals surface area contributed by atoms with E-state index in [1.807, 2.05) is 0 Å². The van der Waals surface area contributed by atoms with Crippen LogP contribution in [0.15, 0.2) is 0 Å². The van der Waals surface area contributed by atoms with Crippen LogP contribution in [-0.4, -0.2) is 47.6 Å². The van der Waals surface area contributed by atoms with Gasteiger partial charge in [0.2, 0.25) is 0 Å². The third-order valence-electron chi connectivity index (χ3n) is 5.45. The first kappa shape index (κ1) is 19.0. The molecule has 0 radical (unpaired) electrons. The summed E-state index contributed by atoms with van der Waals surface area (Å²) >= 11 is 0. The quantitative estimate of drug-likeness (QED) is 0.527. The Labute approximate surface area is 134 Å². The first-order valence-corrected chi connectivity index (χ1v) is 9.52. The first-order valence-electron chi connectivity index (χ1n) is 9.52. The van der Waals surface area contributed by atoms with Gasteiger partial charge in [-0.25, -0.2) is 0 Å². The molecular weight excluding hydrogens is 256 g/mol. The summed E-state index contributed by atoms with van der Waals surface area (Å²) in [7, 11) is 0. The molecule has 0 amide bonds. The van der Waals surface area contributed by atoms with Crippen LogP contribution in [0, 0.1) is 0 Å². The molecule has 21 heavy (non-hydrogen) atoms. The van der Waals surface area contributed by atoms with Crippen molar-refractivity contribution in [3.63, 3.8) is 0 Å². The number of unbranched alkanes of at least 4 members (excludes halogenated alkanes) is 4. The standard InChI is InChI=1S/C19H40N2/c1-6-8-10-12-19(5,13-11-9-7-2)21-16-14-20(15-17-21)18(3)4/h18H,6-17H2,1-5H3. The van der Waals surface area contributed by atoms with Crippen LogP contribution in [0.5, 0.6) is 0 Å². The molecule has 0 atom stereocenters. The van der Waals surface area contributed by atoms with Crippen molar-refractivity contribution in [3.05, 3.63) is 0 Å². The molecule has 126 valence electrons. The molecule has 2 nitrogen and oxygen atoms in total. The molecule has 0 saturated carbocycles. The van der Waals surface area contributed by atoms with Gasteiger partial charge in [0, 0.05) is 37.8 Å². The molecule has 1 fully saturated rings. The lowest BCUT2D eigenvalue weighted by Crippen LogP contribution is -2.57. The Balaban J connectivity index is 2.54. The Bertz CT molecular complexity index is 244. The average Bonchev–Trinajstić information content (AvgIpc) is 2.48. The van der Waals surface area contributed by atoms with Crippen LogP contribution in [0.25, 0.3) is 0 Å². The third kappa shape index (κ3) is 6.28. The smallest absolute Gasteiger partial charge is 0.0182 e. The zero-order chi connectivity index (χ0) is 15.7. The summed E-state index contributed by atoms with van der Waals surface area (Å²) in [5.41, 5.74) is 0.452. The predicted molar refractivity (Wildman–Crippen MR) is 95.0 cm³/mol. The van der Waals surface area contributed by atoms with E-state index in [9.17, 15) is 0 Å². The lowest BCUT2D eigenvalue weighted by molar-refractivity contribution is 0.0188. The molecule has 0 unspecified atom stereocenters. The van der Waals surface area contributed by atoms with Gasteiger partial charge in [-0.3, -0.25) is 9.80 Å². The van der Waals surface area contributed by atoms with Gasteiger partial charge < -0.3 is 0 Å². The number of hydrogen-bond donors (Lipinski definition) is 0. The Morgan fingerprint density at radius 3 is 1.67 bits per heavy atom. The molecule has 0 aromatic carbocycles. The minimum atomic E-state index is 0.452. The zero-order valence-electron chi connectivity index (χ0n) is 15.5. The predicted octanol–water partition coefficient (Wildman–Crippen LogP) is 4.93. The number of rotatable bonds is 10. The van der Waals surface area contributed by atoms with Crippen molar-refractivity contribution in [1.82, 2.24) is 9.80 Å². The monoisotopic (exact) mass is 296 g/mol. The van der Waals surface area contributed by atoms with E-state index in [0.717, 1.165) is 0 Å². The lowest BCUT2D eigenvalue weighted by atomic mass is 9.86. The Morgan fingerprint density at radius 1 is 0.810 bits per heavy atom. The van der Waals surface area contributed by atoms with Crippen molar-refractivity contribution < 1.29 is 0 Å². The number of hydrogen-bond acceptors (Lipinski definition) is 2. The van der Waals surface area contributed by atoms with E-state index in [-0.39, 0.29) is 0 Å². The Hall–Kier alpha value is -0.0800. The highest BCUT2D eigenvalue weighted by atomic mass is 15.3. The fourth-order valence-electron chi connectivity index (χ4n) is 3.73. The Morgan fingerprint density at radius 2 is 1.29 bits per heavy atom. The molecule has 0 bridgehead atoms. The van der Waals surface area contributed by atoms with Gasteiger partial charge in [-0.1, -0.05) is 52.4 Å². The van der Waals surface area contributed by atoms with E-state index in [4.69, 9.17) is 0 Å². The van der Waals surface area contributed by atoms with Crippen molar-refractivity contribution in [3.8, 4) is 0 Å².